The third kappa shape index (κ3) is 6.29. The van der Waals surface area contributed by atoms with Crippen LogP contribution in [0.5, 0.6) is 5.75 Å². The first-order valence-electron chi connectivity index (χ1n) is 8.92. The van der Waals surface area contributed by atoms with Crippen molar-refractivity contribution >= 4 is 5.91 Å². The lowest BCUT2D eigenvalue weighted by Crippen LogP contribution is -2.49. The zero-order chi connectivity index (χ0) is 18.3. The van der Waals surface area contributed by atoms with Crippen LogP contribution in [0.15, 0.2) is 24.3 Å². The molecule has 1 heterocycles. The molecule has 0 saturated carbocycles. The predicted molar refractivity (Wildman–Crippen MR) is 95.1 cm³/mol. The van der Waals surface area contributed by atoms with Gasteiger partial charge in [0, 0.05) is 33.6 Å². The summed E-state index contributed by atoms with van der Waals surface area (Å²) in [6.45, 7) is 2.74. The maximum Gasteiger partial charge on any atom is 0.222 e. The number of piperidine rings is 1. The minimum absolute atomic E-state index is 0.0452. The molecule has 1 unspecified atom stereocenters. The fraction of sp³-hybridized carbons (Fsp3) is 0.632. The summed E-state index contributed by atoms with van der Waals surface area (Å²) in [5.41, 5.74) is -0.795. The fourth-order valence-electron chi connectivity index (χ4n) is 3.20. The van der Waals surface area contributed by atoms with E-state index < -0.39 is 5.60 Å². The minimum atomic E-state index is -0.795. The van der Waals surface area contributed by atoms with Crippen molar-refractivity contribution in [1.82, 2.24) is 9.80 Å². The molecule has 5 nitrogen and oxygen atoms in total. The zero-order valence-electron chi connectivity index (χ0n) is 15.2. The lowest BCUT2D eigenvalue weighted by Gasteiger charge is -2.39. The van der Waals surface area contributed by atoms with Crippen LogP contribution in [0.2, 0.25) is 0 Å². The number of halogens is 1. The highest BCUT2D eigenvalue weighted by atomic mass is 19.1. The molecule has 25 heavy (non-hydrogen) atoms. The smallest absolute Gasteiger partial charge is 0.222 e. The van der Waals surface area contributed by atoms with Gasteiger partial charge in [0.25, 0.3) is 0 Å². The van der Waals surface area contributed by atoms with Gasteiger partial charge >= 0.3 is 0 Å². The molecule has 1 saturated heterocycles. The molecule has 0 aromatic heterocycles. The molecule has 0 aliphatic carbocycles. The number of amides is 1. The molecule has 2 rings (SSSR count). The van der Waals surface area contributed by atoms with E-state index in [1.807, 2.05) is 0 Å². The van der Waals surface area contributed by atoms with Crippen LogP contribution >= 0.6 is 0 Å². The van der Waals surface area contributed by atoms with Crippen molar-refractivity contribution < 1.29 is 19.0 Å². The number of para-hydroxylation sites is 1. The van der Waals surface area contributed by atoms with Crippen molar-refractivity contribution in [2.24, 2.45) is 0 Å². The lowest BCUT2D eigenvalue weighted by atomic mass is 9.88. The third-order valence-electron chi connectivity index (χ3n) is 4.65. The summed E-state index contributed by atoms with van der Waals surface area (Å²) < 4.78 is 19.0. The zero-order valence-corrected chi connectivity index (χ0v) is 15.2. The highest BCUT2D eigenvalue weighted by Gasteiger charge is 2.33. The minimum Gasteiger partial charge on any atom is -0.490 e. The number of rotatable bonds is 8. The second-order valence-electron chi connectivity index (χ2n) is 7.02. The largest absolute Gasteiger partial charge is 0.490 e. The highest BCUT2D eigenvalue weighted by Crippen LogP contribution is 2.26. The van der Waals surface area contributed by atoms with Crippen LogP contribution < -0.4 is 4.74 Å². The van der Waals surface area contributed by atoms with Crippen molar-refractivity contribution in [3.8, 4) is 5.75 Å². The summed E-state index contributed by atoms with van der Waals surface area (Å²) in [5.74, 6) is -0.0240. The second-order valence-corrected chi connectivity index (χ2v) is 7.02. The summed E-state index contributed by atoms with van der Waals surface area (Å²) in [6, 6.07) is 6.39. The highest BCUT2D eigenvalue weighted by molar-refractivity contribution is 5.75. The van der Waals surface area contributed by atoms with E-state index in [0.717, 1.165) is 32.4 Å². The Morgan fingerprint density at radius 1 is 1.40 bits per heavy atom. The number of carbonyl (C=O) groups is 1. The van der Waals surface area contributed by atoms with Crippen LogP contribution in [0.1, 0.15) is 32.1 Å². The Labute approximate surface area is 149 Å². The average molecular weight is 352 g/mol. The van der Waals surface area contributed by atoms with Gasteiger partial charge in [0.05, 0.1) is 12.2 Å². The number of hydrogen-bond acceptors (Lipinski definition) is 4. The summed E-state index contributed by atoms with van der Waals surface area (Å²) >= 11 is 0. The van der Waals surface area contributed by atoms with Crippen LogP contribution in [-0.4, -0.2) is 66.8 Å². The number of hydrogen-bond donors (Lipinski definition) is 1. The van der Waals surface area contributed by atoms with Crippen molar-refractivity contribution in [2.75, 3.05) is 40.3 Å². The van der Waals surface area contributed by atoms with E-state index >= 15 is 0 Å². The molecule has 0 bridgehead atoms. The Balaban J connectivity index is 1.71. The normalized spacial score (nSPS) is 21.1. The Kier molecular flexibility index (Phi) is 7.20. The van der Waals surface area contributed by atoms with Crippen LogP contribution in [-0.2, 0) is 4.79 Å². The van der Waals surface area contributed by atoms with Crippen molar-refractivity contribution in [2.45, 2.75) is 37.7 Å². The number of nitrogens with zero attached hydrogens (tertiary/aromatic N) is 2. The first-order chi connectivity index (χ1) is 11.9. The molecule has 140 valence electrons. The number of likely N-dealkylation sites (tertiary alicyclic amines) is 1. The topological polar surface area (TPSA) is 53.0 Å². The van der Waals surface area contributed by atoms with Crippen LogP contribution in [0.3, 0.4) is 0 Å². The Hall–Kier alpha value is -1.66. The summed E-state index contributed by atoms with van der Waals surface area (Å²) in [7, 11) is 3.46. The SMILES string of the molecule is CN(C)C(=O)CCC1(O)CCCN(CCCOc2ccccc2F)C1. The van der Waals surface area contributed by atoms with E-state index in [4.69, 9.17) is 4.74 Å². The fourth-order valence-corrected chi connectivity index (χ4v) is 3.20. The first-order valence-corrected chi connectivity index (χ1v) is 8.92. The number of benzene rings is 1. The molecule has 1 aromatic rings. The molecule has 0 radical (unpaired) electrons. The summed E-state index contributed by atoms with van der Waals surface area (Å²) in [5, 5.41) is 10.8. The molecule has 1 aliphatic rings. The summed E-state index contributed by atoms with van der Waals surface area (Å²) in [6.07, 6.45) is 3.28. The van der Waals surface area contributed by atoms with E-state index in [-0.39, 0.29) is 17.5 Å². The average Bonchev–Trinajstić information content (AvgIpc) is 2.58. The van der Waals surface area contributed by atoms with Gasteiger partial charge < -0.3 is 19.6 Å². The Morgan fingerprint density at radius 2 is 2.16 bits per heavy atom. The van der Waals surface area contributed by atoms with E-state index in [2.05, 4.69) is 4.90 Å². The van der Waals surface area contributed by atoms with Gasteiger partial charge in [-0.2, -0.15) is 0 Å². The van der Waals surface area contributed by atoms with E-state index in [9.17, 15) is 14.3 Å². The monoisotopic (exact) mass is 352 g/mol. The van der Waals surface area contributed by atoms with Gasteiger partial charge in [-0.1, -0.05) is 12.1 Å². The molecule has 1 amide bonds. The maximum absolute atomic E-state index is 13.5. The quantitative estimate of drug-likeness (QED) is 0.730. The first kappa shape index (κ1) is 19.7. The molecule has 6 heteroatoms. The van der Waals surface area contributed by atoms with Gasteiger partial charge in [-0.25, -0.2) is 4.39 Å². The Morgan fingerprint density at radius 3 is 2.88 bits per heavy atom. The molecule has 1 aromatic carbocycles. The van der Waals surface area contributed by atoms with E-state index in [0.29, 0.717) is 26.0 Å². The van der Waals surface area contributed by atoms with Gasteiger partial charge in [-0.15, -0.1) is 0 Å². The standard InChI is InChI=1S/C19H29FN2O3/c1-21(2)18(23)9-11-19(24)10-5-12-22(15-19)13-6-14-25-17-8-4-3-7-16(17)20/h3-4,7-8,24H,5-6,9-15H2,1-2H3. The second kappa shape index (κ2) is 9.15. The molecule has 1 atom stereocenters. The van der Waals surface area contributed by atoms with Gasteiger partial charge in [0.1, 0.15) is 0 Å². The molecule has 1 fully saturated rings. The molecule has 1 aliphatic heterocycles. The van der Waals surface area contributed by atoms with Gasteiger partial charge in [0.2, 0.25) is 5.91 Å². The van der Waals surface area contributed by atoms with E-state index in [1.54, 1.807) is 37.2 Å². The van der Waals surface area contributed by atoms with Crippen LogP contribution in [0, 0.1) is 5.82 Å². The molecule has 0 spiro atoms. The van der Waals surface area contributed by atoms with Crippen molar-refractivity contribution in [3.05, 3.63) is 30.1 Å². The van der Waals surface area contributed by atoms with Crippen molar-refractivity contribution in [1.29, 1.82) is 0 Å². The molecule has 1 N–H and O–H groups in total. The molecular formula is C19H29FN2O3. The van der Waals surface area contributed by atoms with E-state index in [1.165, 1.54) is 6.07 Å². The van der Waals surface area contributed by atoms with Gasteiger partial charge in [0.15, 0.2) is 11.6 Å². The number of carbonyl (C=O) groups excluding carboxylic acids is 1. The number of ether oxygens (including phenoxy) is 1. The van der Waals surface area contributed by atoms with Gasteiger partial charge in [-0.05, 0) is 44.4 Å². The molecular weight excluding hydrogens is 323 g/mol. The predicted octanol–water partition coefficient (Wildman–Crippen LogP) is 2.29. The van der Waals surface area contributed by atoms with Gasteiger partial charge in [-0.3, -0.25) is 4.79 Å². The summed E-state index contributed by atoms with van der Waals surface area (Å²) in [4.78, 5) is 15.5. The van der Waals surface area contributed by atoms with Crippen LogP contribution in [0.4, 0.5) is 4.39 Å². The Bertz CT molecular complexity index is 567. The van der Waals surface area contributed by atoms with Crippen LogP contribution in [0.25, 0.3) is 0 Å². The maximum atomic E-state index is 13.5. The lowest BCUT2D eigenvalue weighted by molar-refractivity contribution is -0.130. The number of aliphatic hydroxyl groups is 1. The van der Waals surface area contributed by atoms with Crippen molar-refractivity contribution in [3.63, 3.8) is 0 Å². The third-order valence-corrected chi connectivity index (χ3v) is 4.65. The number of β-amino-alcohol motifs (C(OH)–C–C–N with tert-alkyl or cyclic N) is 1.